The van der Waals surface area contributed by atoms with Crippen LogP contribution >= 0.6 is 23.1 Å². The van der Waals surface area contributed by atoms with Crippen LogP contribution in [-0.4, -0.2) is 18.1 Å². The van der Waals surface area contributed by atoms with Crippen LogP contribution in [-0.2, 0) is 0 Å². The molecule has 1 fully saturated rings. The number of hydrogen-bond acceptors (Lipinski definition) is 3. The van der Waals surface area contributed by atoms with Crippen molar-refractivity contribution in [2.45, 2.75) is 32.7 Å². The molecule has 0 aliphatic carbocycles. The van der Waals surface area contributed by atoms with Crippen molar-refractivity contribution >= 4 is 23.1 Å². The fourth-order valence-electron chi connectivity index (χ4n) is 2.08. The van der Waals surface area contributed by atoms with Crippen molar-refractivity contribution in [2.75, 3.05) is 18.1 Å². The van der Waals surface area contributed by atoms with Gasteiger partial charge in [-0.25, -0.2) is 0 Å². The molecule has 1 unspecified atom stereocenters. The van der Waals surface area contributed by atoms with E-state index in [1.165, 1.54) is 40.6 Å². The molecule has 1 aliphatic rings. The summed E-state index contributed by atoms with van der Waals surface area (Å²) in [4.78, 5) is 2.89. The number of hydrogen-bond donors (Lipinski definition) is 1. The average Bonchev–Trinajstić information content (AvgIpc) is 2.74. The van der Waals surface area contributed by atoms with Gasteiger partial charge in [0.15, 0.2) is 0 Å². The molecule has 3 heteroatoms. The standard InChI is InChI=1S/C13H21NS2/c1-10-3-4-13(16-10)11(2)14-9-12-5-7-15-8-6-12/h3-4,11-12,14H,5-9H2,1-2H3. The Morgan fingerprint density at radius 3 is 2.75 bits per heavy atom. The lowest BCUT2D eigenvalue weighted by Gasteiger charge is -2.23. The summed E-state index contributed by atoms with van der Waals surface area (Å²) in [5, 5.41) is 3.68. The van der Waals surface area contributed by atoms with Gasteiger partial charge in [0.05, 0.1) is 0 Å². The van der Waals surface area contributed by atoms with Crippen molar-refractivity contribution in [3.05, 3.63) is 21.9 Å². The third-order valence-electron chi connectivity index (χ3n) is 3.24. The largest absolute Gasteiger partial charge is 0.309 e. The van der Waals surface area contributed by atoms with Crippen molar-refractivity contribution in [3.8, 4) is 0 Å². The minimum atomic E-state index is 0.522. The van der Waals surface area contributed by atoms with Crippen LogP contribution in [0.15, 0.2) is 12.1 Å². The molecule has 1 aliphatic heterocycles. The van der Waals surface area contributed by atoms with Crippen LogP contribution in [0.1, 0.15) is 35.6 Å². The van der Waals surface area contributed by atoms with Crippen LogP contribution in [0, 0.1) is 12.8 Å². The van der Waals surface area contributed by atoms with Crippen LogP contribution in [0.2, 0.25) is 0 Å². The molecule has 1 saturated heterocycles. The first-order valence-electron chi connectivity index (χ1n) is 6.13. The zero-order chi connectivity index (χ0) is 11.4. The van der Waals surface area contributed by atoms with E-state index in [2.05, 4.69) is 43.1 Å². The summed E-state index contributed by atoms with van der Waals surface area (Å²) in [6.07, 6.45) is 2.79. The van der Waals surface area contributed by atoms with E-state index < -0.39 is 0 Å². The lowest BCUT2D eigenvalue weighted by molar-refractivity contribution is 0.423. The Balaban J connectivity index is 1.76. The Labute approximate surface area is 107 Å². The maximum Gasteiger partial charge on any atom is 0.0386 e. The summed E-state index contributed by atoms with van der Waals surface area (Å²) < 4.78 is 0. The fraction of sp³-hybridized carbons (Fsp3) is 0.692. The van der Waals surface area contributed by atoms with Crippen LogP contribution < -0.4 is 5.32 Å². The zero-order valence-corrected chi connectivity index (χ0v) is 11.8. The second-order valence-electron chi connectivity index (χ2n) is 4.63. The van der Waals surface area contributed by atoms with E-state index in [0.29, 0.717) is 6.04 Å². The van der Waals surface area contributed by atoms with Gasteiger partial charge in [0, 0.05) is 15.8 Å². The smallest absolute Gasteiger partial charge is 0.0386 e. The molecule has 2 heterocycles. The molecule has 1 atom stereocenters. The molecule has 1 nitrogen and oxygen atoms in total. The van der Waals surface area contributed by atoms with Gasteiger partial charge in [0.2, 0.25) is 0 Å². The molecule has 0 amide bonds. The summed E-state index contributed by atoms with van der Waals surface area (Å²) in [6, 6.07) is 5.00. The first-order valence-corrected chi connectivity index (χ1v) is 8.10. The minimum Gasteiger partial charge on any atom is -0.309 e. The molecule has 0 saturated carbocycles. The highest BCUT2D eigenvalue weighted by molar-refractivity contribution is 7.99. The van der Waals surface area contributed by atoms with E-state index in [0.717, 1.165) is 5.92 Å². The minimum absolute atomic E-state index is 0.522. The van der Waals surface area contributed by atoms with E-state index in [9.17, 15) is 0 Å². The van der Waals surface area contributed by atoms with Crippen molar-refractivity contribution in [2.24, 2.45) is 5.92 Å². The summed E-state index contributed by atoms with van der Waals surface area (Å²) in [6.45, 7) is 5.65. The van der Waals surface area contributed by atoms with Gasteiger partial charge in [0.25, 0.3) is 0 Å². The Morgan fingerprint density at radius 1 is 1.38 bits per heavy atom. The predicted molar refractivity (Wildman–Crippen MR) is 75.5 cm³/mol. The maximum absolute atomic E-state index is 3.68. The number of thioether (sulfide) groups is 1. The van der Waals surface area contributed by atoms with E-state index in [1.807, 2.05) is 11.3 Å². The van der Waals surface area contributed by atoms with Crippen LogP contribution in [0.4, 0.5) is 0 Å². The van der Waals surface area contributed by atoms with Gasteiger partial charge < -0.3 is 5.32 Å². The van der Waals surface area contributed by atoms with E-state index in [4.69, 9.17) is 0 Å². The third-order valence-corrected chi connectivity index (χ3v) is 5.47. The molecule has 0 aromatic carbocycles. The van der Waals surface area contributed by atoms with Gasteiger partial charge in [-0.15, -0.1) is 11.3 Å². The SMILES string of the molecule is Cc1ccc(C(C)NCC2CCSCC2)s1. The Kier molecular flexibility index (Phi) is 4.74. The normalized spacial score (nSPS) is 19.9. The zero-order valence-electron chi connectivity index (χ0n) is 10.2. The van der Waals surface area contributed by atoms with Crippen LogP contribution in [0.5, 0.6) is 0 Å². The quantitative estimate of drug-likeness (QED) is 0.877. The maximum atomic E-state index is 3.68. The second kappa shape index (κ2) is 6.08. The number of nitrogens with one attached hydrogen (secondary N) is 1. The fourth-order valence-corrected chi connectivity index (χ4v) is 4.19. The Morgan fingerprint density at radius 2 is 2.12 bits per heavy atom. The Hall–Kier alpha value is 0.01000. The van der Waals surface area contributed by atoms with Gasteiger partial charge in [-0.1, -0.05) is 0 Å². The summed E-state index contributed by atoms with van der Waals surface area (Å²) in [5.74, 6) is 3.63. The summed E-state index contributed by atoms with van der Waals surface area (Å²) in [5.41, 5.74) is 0. The lowest BCUT2D eigenvalue weighted by atomic mass is 10.0. The first-order chi connectivity index (χ1) is 7.75. The van der Waals surface area contributed by atoms with Crippen molar-refractivity contribution in [1.29, 1.82) is 0 Å². The lowest BCUT2D eigenvalue weighted by Crippen LogP contribution is -2.27. The van der Waals surface area contributed by atoms with E-state index in [1.54, 1.807) is 0 Å². The molecule has 2 rings (SSSR count). The van der Waals surface area contributed by atoms with Crippen molar-refractivity contribution in [3.63, 3.8) is 0 Å². The highest BCUT2D eigenvalue weighted by atomic mass is 32.2. The molecular formula is C13H21NS2. The highest BCUT2D eigenvalue weighted by Crippen LogP contribution is 2.25. The monoisotopic (exact) mass is 255 g/mol. The predicted octanol–water partition coefficient (Wildman–Crippen LogP) is 3.85. The van der Waals surface area contributed by atoms with Gasteiger partial charge in [0.1, 0.15) is 0 Å². The highest BCUT2D eigenvalue weighted by Gasteiger charge is 2.15. The van der Waals surface area contributed by atoms with Gasteiger partial charge in [-0.05, 0) is 62.8 Å². The van der Waals surface area contributed by atoms with Gasteiger partial charge in [-0.2, -0.15) is 11.8 Å². The first kappa shape index (κ1) is 12.5. The van der Waals surface area contributed by atoms with Gasteiger partial charge in [-0.3, -0.25) is 0 Å². The number of aryl methyl sites for hydroxylation is 1. The summed E-state index contributed by atoms with van der Waals surface area (Å²) in [7, 11) is 0. The second-order valence-corrected chi connectivity index (χ2v) is 7.18. The van der Waals surface area contributed by atoms with Crippen molar-refractivity contribution in [1.82, 2.24) is 5.32 Å². The van der Waals surface area contributed by atoms with E-state index >= 15 is 0 Å². The molecule has 1 aromatic heterocycles. The third kappa shape index (κ3) is 3.51. The van der Waals surface area contributed by atoms with Crippen LogP contribution in [0.3, 0.4) is 0 Å². The van der Waals surface area contributed by atoms with Crippen LogP contribution in [0.25, 0.3) is 0 Å². The van der Waals surface area contributed by atoms with Gasteiger partial charge >= 0.3 is 0 Å². The van der Waals surface area contributed by atoms with Crippen molar-refractivity contribution < 1.29 is 0 Å². The molecule has 90 valence electrons. The molecule has 1 N–H and O–H groups in total. The number of thiophene rings is 1. The molecule has 0 radical (unpaired) electrons. The number of rotatable bonds is 4. The molecule has 1 aromatic rings. The molecular weight excluding hydrogens is 234 g/mol. The molecule has 16 heavy (non-hydrogen) atoms. The average molecular weight is 255 g/mol. The molecule has 0 bridgehead atoms. The molecule has 0 spiro atoms. The summed E-state index contributed by atoms with van der Waals surface area (Å²) >= 11 is 4.02. The Bertz CT molecular complexity index is 315. The topological polar surface area (TPSA) is 12.0 Å². The van der Waals surface area contributed by atoms with E-state index in [-0.39, 0.29) is 0 Å².